The summed E-state index contributed by atoms with van der Waals surface area (Å²) < 4.78 is 0.641. The van der Waals surface area contributed by atoms with E-state index in [1.165, 1.54) is 23.2 Å². The summed E-state index contributed by atoms with van der Waals surface area (Å²) in [7, 11) is 0. The SMILES string of the molecule is N#Cc1c([C@@H]2CC=CCC2)c2c([nH]c1=S)CCC2. The van der Waals surface area contributed by atoms with E-state index in [9.17, 15) is 5.26 Å². The maximum absolute atomic E-state index is 9.41. The van der Waals surface area contributed by atoms with Crippen LogP contribution in [0.1, 0.15) is 54.0 Å². The molecule has 3 rings (SSSR count). The molecule has 0 bridgehead atoms. The monoisotopic (exact) mass is 256 g/mol. The van der Waals surface area contributed by atoms with Crippen molar-refractivity contribution in [1.29, 1.82) is 5.26 Å². The number of pyridine rings is 1. The van der Waals surface area contributed by atoms with Crippen molar-refractivity contribution in [2.75, 3.05) is 0 Å². The van der Waals surface area contributed by atoms with Crippen LogP contribution >= 0.6 is 12.2 Å². The lowest BCUT2D eigenvalue weighted by Crippen LogP contribution is -2.09. The van der Waals surface area contributed by atoms with Crippen LogP contribution in [0.2, 0.25) is 0 Å². The minimum Gasteiger partial charge on any atom is -0.349 e. The van der Waals surface area contributed by atoms with Crippen LogP contribution in [-0.2, 0) is 12.8 Å². The molecule has 1 aromatic rings. The molecule has 2 nitrogen and oxygen atoms in total. The summed E-state index contributed by atoms with van der Waals surface area (Å²) in [5.74, 6) is 0.493. The van der Waals surface area contributed by atoms with Gasteiger partial charge in [0.25, 0.3) is 0 Å². The number of hydrogen-bond donors (Lipinski definition) is 1. The van der Waals surface area contributed by atoms with E-state index < -0.39 is 0 Å². The number of H-pyrrole nitrogens is 1. The fraction of sp³-hybridized carbons (Fsp3) is 0.467. The predicted molar refractivity (Wildman–Crippen MR) is 74.1 cm³/mol. The largest absolute Gasteiger partial charge is 0.349 e. The van der Waals surface area contributed by atoms with Crippen LogP contribution in [0.4, 0.5) is 0 Å². The zero-order valence-corrected chi connectivity index (χ0v) is 11.1. The lowest BCUT2D eigenvalue weighted by atomic mass is 9.83. The highest BCUT2D eigenvalue weighted by Crippen LogP contribution is 2.37. The molecule has 0 unspecified atom stereocenters. The number of nitrogens with one attached hydrogen (secondary N) is 1. The molecule has 0 aromatic carbocycles. The maximum atomic E-state index is 9.41. The van der Waals surface area contributed by atoms with Gasteiger partial charge in [-0.3, -0.25) is 0 Å². The van der Waals surface area contributed by atoms with Crippen LogP contribution in [0.5, 0.6) is 0 Å². The van der Waals surface area contributed by atoms with E-state index >= 15 is 0 Å². The van der Waals surface area contributed by atoms with Gasteiger partial charge in [-0.1, -0.05) is 24.4 Å². The van der Waals surface area contributed by atoms with Gasteiger partial charge in [-0.15, -0.1) is 0 Å². The summed E-state index contributed by atoms with van der Waals surface area (Å²) >= 11 is 5.35. The molecule has 0 spiro atoms. The third kappa shape index (κ3) is 1.81. The summed E-state index contributed by atoms with van der Waals surface area (Å²) in [5.41, 5.74) is 4.66. The Balaban J connectivity index is 2.20. The zero-order chi connectivity index (χ0) is 12.5. The molecule has 1 aromatic heterocycles. The summed E-state index contributed by atoms with van der Waals surface area (Å²) in [6, 6.07) is 2.33. The first-order valence-electron chi connectivity index (χ1n) is 6.64. The van der Waals surface area contributed by atoms with Crippen molar-refractivity contribution >= 4 is 12.2 Å². The first-order chi connectivity index (χ1) is 8.81. The van der Waals surface area contributed by atoms with Gasteiger partial charge in [0.15, 0.2) is 0 Å². The Morgan fingerprint density at radius 2 is 2.22 bits per heavy atom. The van der Waals surface area contributed by atoms with Crippen LogP contribution in [0.15, 0.2) is 12.2 Å². The predicted octanol–water partition coefficient (Wildman–Crippen LogP) is 3.93. The van der Waals surface area contributed by atoms with Gasteiger partial charge in [0.05, 0.1) is 5.56 Å². The standard InChI is InChI=1S/C15H16N2S/c16-9-12-14(10-5-2-1-3-6-10)11-7-4-8-13(11)17-15(12)18/h1-2,10H,3-8H2,(H,17,18)/t10-/m1/s1. The lowest BCUT2D eigenvalue weighted by molar-refractivity contribution is 0.609. The molecule has 3 heteroatoms. The third-order valence-corrected chi connectivity index (χ3v) is 4.40. The van der Waals surface area contributed by atoms with Crippen molar-refractivity contribution in [3.05, 3.63) is 39.2 Å². The molecule has 0 radical (unpaired) electrons. The number of nitriles is 1. The molecule has 0 aliphatic heterocycles. The molecule has 2 aliphatic rings. The molecule has 1 N–H and O–H groups in total. The van der Waals surface area contributed by atoms with Gasteiger partial charge in [0.1, 0.15) is 10.7 Å². The molecule has 1 atom stereocenters. The second kappa shape index (κ2) is 4.70. The number of hydrogen-bond acceptors (Lipinski definition) is 2. The van der Waals surface area contributed by atoms with Gasteiger partial charge in [0, 0.05) is 5.69 Å². The van der Waals surface area contributed by atoms with Crippen LogP contribution in [0.3, 0.4) is 0 Å². The highest BCUT2D eigenvalue weighted by Gasteiger charge is 2.25. The molecule has 1 heterocycles. The molecule has 2 aliphatic carbocycles. The fourth-order valence-corrected chi connectivity index (χ4v) is 3.55. The third-order valence-electron chi connectivity index (χ3n) is 4.09. The van der Waals surface area contributed by atoms with Gasteiger partial charge >= 0.3 is 0 Å². The molecular weight excluding hydrogens is 240 g/mol. The van der Waals surface area contributed by atoms with Gasteiger partial charge in [-0.25, -0.2) is 0 Å². The number of aryl methyl sites for hydroxylation is 1. The molecular formula is C15H16N2S. The Kier molecular flexibility index (Phi) is 3.05. The van der Waals surface area contributed by atoms with E-state index in [2.05, 4.69) is 23.2 Å². The lowest BCUT2D eigenvalue weighted by Gasteiger charge is -2.22. The van der Waals surface area contributed by atoms with E-state index in [1.54, 1.807) is 0 Å². The summed E-state index contributed by atoms with van der Waals surface area (Å²) in [4.78, 5) is 3.26. The fourth-order valence-electron chi connectivity index (χ4n) is 3.27. The average Bonchev–Trinajstić information content (AvgIpc) is 2.85. The quantitative estimate of drug-likeness (QED) is 0.611. The maximum Gasteiger partial charge on any atom is 0.121 e. The van der Waals surface area contributed by atoms with Crippen LogP contribution in [0.25, 0.3) is 0 Å². The van der Waals surface area contributed by atoms with Crippen LogP contribution < -0.4 is 0 Å². The smallest absolute Gasteiger partial charge is 0.121 e. The van der Waals surface area contributed by atoms with Crippen molar-refractivity contribution in [2.45, 2.75) is 44.4 Å². The van der Waals surface area contributed by atoms with Crippen molar-refractivity contribution in [1.82, 2.24) is 4.98 Å². The second-order valence-corrected chi connectivity index (χ2v) is 5.55. The van der Waals surface area contributed by atoms with Gasteiger partial charge in [-0.2, -0.15) is 5.26 Å². The van der Waals surface area contributed by atoms with Crippen molar-refractivity contribution < 1.29 is 0 Å². The van der Waals surface area contributed by atoms with E-state index in [1.807, 2.05) is 0 Å². The van der Waals surface area contributed by atoms with E-state index in [4.69, 9.17) is 12.2 Å². The van der Waals surface area contributed by atoms with E-state index in [0.29, 0.717) is 10.6 Å². The molecule has 0 saturated carbocycles. The first kappa shape index (κ1) is 11.7. The molecule has 0 amide bonds. The molecule has 92 valence electrons. The van der Waals surface area contributed by atoms with E-state index in [0.717, 1.165) is 37.7 Å². The van der Waals surface area contributed by atoms with Crippen LogP contribution in [-0.4, -0.2) is 4.98 Å². The number of aromatic amines is 1. The van der Waals surface area contributed by atoms with Gasteiger partial charge < -0.3 is 4.98 Å². The Bertz CT molecular complexity index is 604. The normalized spacial score (nSPS) is 21.6. The Hall–Kier alpha value is -1.40. The number of aromatic nitrogens is 1. The number of fused-ring (bicyclic) bond motifs is 1. The number of nitrogens with zero attached hydrogens (tertiary/aromatic N) is 1. The van der Waals surface area contributed by atoms with Crippen molar-refractivity contribution in [2.24, 2.45) is 0 Å². The highest BCUT2D eigenvalue weighted by atomic mass is 32.1. The molecule has 18 heavy (non-hydrogen) atoms. The van der Waals surface area contributed by atoms with Gasteiger partial charge in [0.2, 0.25) is 0 Å². The zero-order valence-electron chi connectivity index (χ0n) is 10.3. The van der Waals surface area contributed by atoms with Crippen molar-refractivity contribution in [3.8, 4) is 6.07 Å². The molecule has 0 fully saturated rings. The number of rotatable bonds is 1. The number of allylic oxidation sites excluding steroid dienone is 2. The summed E-state index contributed by atoms with van der Waals surface area (Å²) in [5, 5.41) is 9.41. The molecule has 0 saturated heterocycles. The summed E-state index contributed by atoms with van der Waals surface area (Å²) in [6.45, 7) is 0. The first-order valence-corrected chi connectivity index (χ1v) is 7.05. The highest BCUT2D eigenvalue weighted by molar-refractivity contribution is 7.71. The average molecular weight is 256 g/mol. The summed E-state index contributed by atoms with van der Waals surface area (Å²) in [6.07, 6.45) is 11.2. The Morgan fingerprint density at radius 3 is 2.94 bits per heavy atom. The van der Waals surface area contributed by atoms with Gasteiger partial charge in [-0.05, 0) is 55.6 Å². The van der Waals surface area contributed by atoms with Crippen LogP contribution in [0, 0.1) is 16.0 Å². The van der Waals surface area contributed by atoms with E-state index in [-0.39, 0.29) is 0 Å². The Labute approximate surface area is 112 Å². The minimum absolute atomic E-state index is 0.493. The Morgan fingerprint density at radius 1 is 1.33 bits per heavy atom. The van der Waals surface area contributed by atoms with Crippen molar-refractivity contribution in [3.63, 3.8) is 0 Å². The topological polar surface area (TPSA) is 39.6 Å². The minimum atomic E-state index is 0.493. The second-order valence-electron chi connectivity index (χ2n) is 5.15.